The second-order valence-corrected chi connectivity index (χ2v) is 18.3. The summed E-state index contributed by atoms with van der Waals surface area (Å²) in [4.78, 5) is 25.0. The number of hydrogen-bond acceptors (Lipinski definition) is 31. The maximum atomic E-state index is 12.8. The average molecular weight is 1070 g/mol. The normalized spacial score (nSPS) is 49.8. The third kappa shape index (κ3) is 13.2. The SMILES string of the molecule is CC(=O)N[C@@H]1[C@@H](O[C@@H]2O[C@H](CO[C@@H]3O[C@H](CO)[C@@H](O)[C@H](O)[C@H]3O)[C@H](O)[C@H](O[C@@H]3O[C@H](CO)[C@H](O)[C@H](O[C@@H]4O[C@H](CO[C@@H]5O[C@H](CO)[C@@H](O)[C@H](O)[C@H]5O)[C@H](O)[C@H](O)[C@H]4O)[C@H]3NC(C)=O)[C@H]2O)[C@@H](O)[C@@H](CO)O[C@H]1O. The molecule has 0 bridgehead atoms. The van der Waals surface area contributed by atoms with E-state index in [0.717, 1.165) is 13.8 Å². The molecule has 73 heavy (non-hydrogen) atoms. The summed E-state index contributed by atoms with van der Waals surface area (Å²) in [6, 6.07) is -3.49. The molecule has 6 fully saturated rings. The molecule has 424 valence electrons. The summed E-state index contributed by atoms with van der Waals surface area (Å²) in [5.74, 6) is -1.68. The van der Waals surface area contributed by atoms with Crippen LogP contribution in [0, 0.1) is 0 Å². The molecule has 0 aromatic heterocycles. The molecule has 6 heterocycles. The van der Waals surface area contributed by atoms with Crippen molar-refractivity contribution in [1.82, 2.24) is 10.6 Å². The first-order valence-electron chi connectivity index (χ1n) is 23.1. The van der Waals surface area contributed by atoms with Crippen molar-refractivity contribution in [1.29, 1.82) is 0 Å². The van der Waals surface area contributed by atoms with Gasteiger partial charge in [0.1, 0.15) is 146 Å². The van der Waals surface area contributed by atoms with Crippen LogP contribution >= 0.6 is 0 Å². The Kier molecular flexibility index (Phi) is 21.3. The molecule has 0 aliphatic carbocycles. The second kappa shape index (κ2) is 26.0. The fraction of sp³-hybridized carbons (Fsp3) is 0.950. The molecule has 2 amide bonds. The molecular weight excluding hydrogens is 1000 g/mol. The standard InChI is InChI=1S/C40H68N2O31/c1-9(47)41-17-32(22(52)13(5-45)65-35(17)62)71-40-31(61)34(24(54)16(70-40)8-64-38-29(59)26(56)20(50)12(4-44)68-38)73-36-18(42-10(2)48)33(23(53)14(6-46)66-36)72-39-30(60)27(57)21(51)15(69-39)7-63-37-28(58)25(55)19(49)11(3-43)67-37/h11-40,43-46,49-62H,3-8H2,1-2H3,(H,41,47)(H,42,48)/t11-,12-,13-,14-,15-,16-,17-,18-,19-,20-,21+,22+,23+,24+,25+,26+,27+,28-,29-,30-,31-,32-,33-,34+,35-,36+,37-,38-,39+,40+/m1/s1. The van der Waals surface area contributed by atoms with Gasteiger partial charge >= 0.3 is 0 Å². The highest BCUT2D eigenvalue weighted by Crippen LogP contribution is 2.36. The number of aliphatic hydroxyl groups is 18. The maximum absolute atomic E-state index is 12.8. The van der Waals surface area contributed by atoms with Gasteiger partial charge in [-0.1, -0.05) is 0 Å². The van der Waals surface area contributed by atoms with Crippen LogP contribution in [0.15, 0.2) is 0 Å². The van der Waals surface area contributed by atoms with E-state index in [9.17, 15) is 102 Å². The molecule has 0 unspecified atom stereocenters. The van der Waals surface area contributed by atoms with Gasteiger partial charge in [0.2, 0.25) is 11.8 Å². The van der Waals surface area contributed by atoms with Crippen LogP contribution in [0.5, 0.6) is 0 Å². The van der Waals surface area contributed by atoms with Gasteiger partial charge in [0, 0.05) is 13.8 Å². The summed E-state index contributed by atoms with van der Waals surface area (Å²) in [6.45, 7) is -3.37. The predicted molar refractivity (Wildman–Crippen MR) is 222 cm³/mol. The Morgan fingerprint density at radius 3 is 1.12 bits per heavy atom. The van der Waals surface area contributed by atoms with E-state index in [-0.39, 0.29) is 0 Å². The summed E-state index contributed by atoms with van der Waals surface area (Å²) in [5, 5.41) is 196. The van der Waals surface area contributed by atoms with Crippen LogP contribution in [0.2, 0.25) is 0 Å². The summed E-state index contributed by atoms with van der Waals surface area (Å²) < 4.78 is 62.4. The molecule has 0 aromatic carbocycles. The minimum Gasteiger partial charge on any atom is -0.394 e. The lowest BCUT2D eigenvalue weighted by atomic mass is 9.94. The zero-order valence-corrected chi connectivity index (χ0v) is 38.9. The second-order valence-electron chi connectivity index (χ2n) is 18.3. The summed E-state index contributed by atoms with van der Waals surface area (Å²) >= 11 is 0. The molecule has 6 aliphatic heterocycles. The Morgan fingerprint density at radius 2 is 0.671 bits per heavy atom. The largest absolute Gasteiger partial charge is 0.394 e. The van der Waals surface area contributed by atoms with E-state index in [0.29, 0.717) is 0 Å². The zero-order chi connectivity index (χ0) is 53.9. The maximum Gasteiger partial charge on any atom is 0.217 e. The Morgan fingerprint density at radius 1 is 0.356 bits per heavy atom. The highest BCUT2D eigenvalue weighted by Gasteiger charge is 2.57. The third-order valence-corrected chi connectivity index (χ3v) is 13.2. The van der Waals surface area contributed by atoms with Crippen molar-refractivity contribution in [3.05, 3.63) is 0 Å². The van der Waals surface area contributed by atoms with Crippen molar-refractivity contribution in [2.45, 2.75) is 198 Å². The van der Waals surface area contributed by atoms with Gasteiger partial charge < -0.3 is 155 Å². The van der Waals surface area contributed by atoms with Gasteiger partial charge in [-0.15, -0.1) is 0 Å². The minimum absolute atomic E-state index is 0.784. The number of amides is 2. The predicted octanol–water partition coefficient (Wildman–Crippen LogP) is -13.8. The van der Waals surface area contributed by atoms with Gasteiger partial charge in [0.15, 0.2) is 37.7 Å². The first-order valence-corrected chi connectivity index (χ1v) is 23.1. The Bertz CT molecular complexity index is 1750. The van der Waals surface area contributed by atoms with E-state index < -0.39 is 236 Å². The summed E-state index contributed by atoms with van der Waals surface area (Å²) in [5.41, 5.74) is 0. The van der Waals surface area contributed by atoms with Crippen molar-refractivity contribution in [2.75, 3.05) is 39.6 Å². The molecule has 0 spiro atoms. The number of aliphatic hydroxyl groups excluding tert-OH is 18. The van der Waals surface area contributed by atoms with Gasteiger partial charge in [0.25, 0.3) is 0 Å². The molecule has 20 N–H and O–H groups in total. The van der Waals surface area contributed by atoms with Crippen molar-refractivity contribution in [3.63, 3.8) is 0 Å². The highest BCUT2D eigenvalue weighted by molar-refractivity contribution is 5.73. The molecule has 30 atom stereocenters. The lowest BCUT2D eigenvalue weighted by molar-refractivity contribution is -0.380. The molecule has 6 rings (SSSR count). The van der Waals surface area contributed by atoms with E-state index in [4.69, 9.17) is 52.1 Å². The number of carbonyl (C=O) groups is 2. The van der Waals surface area contributed by atoms with Crippen molar-refractivity contribution >= 4 is 11.8 Å². The van der Waals surface area contributed by atoms with Gasteiger partial charge in [-0.2, -0.15) is 0 Å². The van der Waals surface area contributed by atoms with Gasteiger partial charge in [-0.25, -0.2) is 0 Å². The van der Waals surface area contributed by atoms with Crippen LogP contribution in [-0.4, -0.2) is 327 Å². The fourth-order valence-corrected chi connectivity index (χ4v) is 9.10. The molecule has 33 heteroatoms. The van der Waals surface area contributed by atoms with E-state index >= 15 is 0 Å². The quantitative estimate of drug-likeness (QED) is 0.0606. The molecule has 6 aliphatic rings. The minimum atomic E-state index is -2.28. The van der Waals surface area contributed by atoms with Gasteiger partial charge in [-0.05, 0) is 0 Å². The van der Waals surface area contributed by atoms with Crippen LogP contribution in [0.4, 0.5) is 0 Å². The smallest absolute Gasteiger partial charge is 0.217 e. The Hall–Kier alpha value is -2.22. The van der Waals surface area contributed by atoms with E-state index in [2.05, 4.69) is 10.6 Å². The molecule has 33 nitrogen and oxygen atoms in total. The van der Waals surface area contributed by atoms with Crippen LogP contribution < -0.4 is 10.6 Å². The van der Waals surface area contributed by atoms with Crippen molar-refractivity contribution in [2.24, 2.45) is 0 Å². The lowest BCUT2D eigenvalue weighted by Crippen LogP contribution is -2.70. The van der Waals surface area contributed by atoms with Gasteiger partial charge in [0.05, 0.1) is 39.6 Å². The first-order chi connectivity index (χ1) is 34.5. The number of nitrogens with one attached hydrogen (secondary N) is 2. The van der Waals surface area contributed by atoms with Gasteiger partial charge in [-0.3, -0.25) is 9.59 Å². The summed E-state index contributed by atoms with van der Waals surface area (Å²) in [7, 11) is 0. The van der Waals surface area contributed by atoms with E-state index in [1.807, 2.05) is 0 Å². The van der Waals surface area contributed by atoms with Crippen LogP contribution in [-0.2, 0) is 61.7 Å². The third-order valence-electron chi connectivity index (χ3n) is 13.2. The average Bonchev–Trinajstić information content (AvgIpc) is 3.35. The van der Waals surface area contributed by atoms with Crippen molar-refractivity contribution in [3.8, 4) is 0 Å². The molecule has 0 radical (unpaired) electrons. The Labute approximate surface area is 413 Å². The Balaban J connectivity index is 1.28. The lowest BCUT2D eigenvalue weighted by Gasteiger charge is -2.50. The van der Waals surface area contributed by atoms with E-state index in [1.165, 1.54) is 0 Å². The topological polar surface area (TPSA) is 524 Å². The monoisotopic (exact) mass is 1070 g/mol. The molecule has 6 saturated heterocycles. The number of carbonyl (C=O) groups excluding carboxylic acids is 2. The zero-order valence-electron chi connectivity index (χ0n) is 38.9. The number of ether oxygens (including phenoxy) is 11. The van der Waals surface area contributed by atoms with Crippen LogP contribution in [0.3, 0.4) is 0 Å². The van der Waals surface area contributed by atoms with Crippen molar-refractivity contribution < 1.29 is 154 Å². The molecule has 0 saturated carbocycles. The first kappa shape index (κ1) is 60.0. The van der Waals surface area contributed by atoms with Crippen LogP contribution in [0.25, 0.3) is 0 Å². The fourth-order valence-electron chi connectivity index (χ4n) is 9.10. The molecular formula is C40H68N2O31. The summed E-state index contributed by atoms with van der Waals surface area (Å²) in [6.07, 6.45) is -53.4. The number of rotatable bonds is 18. The highest BCUT2D eigenvalue weighted by atomic mass is 16.8. The van der Waals surface area contributed by atoms with E-state index in [1.54, 1.807) is 0 Å². The number of hydrogen-bond donors (Lipinski definition) is 20. The molecule has 0 aromatic rings. The van der Waals surface area contributed by atoms with Crippen LogP contribution in [0.1, 0.15) is 13.8 Å².